The van der Waals surface area contributed by atoms with Crippen LogP contribution in [-0.4, -0.2) is 32.8 Å². The molecule has 0 heterocycles. The van der Waals surface area contributed by atoms with Gasteiger partial charge in [0.05, 0.1) is 4.90 Å². The van der Waals surface area contributed by atoms with Gasteiger partial charge in [-0.15, -0.1) is 0 Å². The van der Waals surface area contributed by atoms with Crippen LogP contribution in [0.4, 0.5) is 0 Å². The van der Waals surface area contributed by atoms with Crippen molar-refractivity contribution >= 4 is 9.84 Å². The normalized spacial score (nSPS) is 14.3. The predicted molar refractivity (Wildman–Crippen MR) is 56.8 cm³/mol. The first-order chi connectivity index (χ1) is 6.46. The van der Waals surface area contributed by atoms with Gasteiger partial charge in [-0.1, -0.05) is 18.2 Å². The highest BCUT2D eigenvalue weighted by Crippen LogP contribution is 2.16. The SMILES string of the molecule is CC(N(C)C)S(=O)(=O)c1ccccc1. The lowest BCUT2D eigenvalue weighted by Crippen LogP contribution is -2.32. The summed E-state index contributed by atoms with van der Waals surface area (Å²) in [5.41, 5.74) is 0. The summed E-state index contributed by atoms with van der Waals surface area (Å²) in [7, 11) is 0.298. The first-order valence-corrected chi connectivity index (χ1v) is 5.96. The molecule has 1 atom stereocenters. The maximum atomic E-state index is 11.9. The highest BCUT2D eigenvalue weighted by atomic mass is 32.2. The smallest absolute Gasteiger partial charge is 0.194 e. The summed E-state index contributed by atoms with van der Waals surface area (Å²) in [6.45, 7) is 1.68. The molecule has 0 aliphatic rings. The maximum Gasteiger partial charge on any atom is 0.194 e. The second-order valence-corrected chi connectivity index (χ2v) is 5.66. The van der Waals surface area contributed by atoms with E-state index in [9.17, 15) is 8.42 Å². The molecule has 0 saturated carbocycles. The van der Waals surface area contributed by atoms with Crippen LogP contribution in [0.15, 0.2) is 35.2 Å². The van der Waals surface area contributed by atoms with Crippen LogP contribution < -0.4 is 0 Å². The summed E-state index contributed by atoms with van der Waals surface area (Å²) < 4.78 is 23.9. The van der Waals surface area contributed by atoms with E-state index in [-0.39, 0.29) is 0 Å². The van der Waals surface area contributed by atoms with E-state index in [1.54, 1.807) is 56.3 Å². The summed E-state index contributed by atoms with van der Waals surface area (Å²) in [6, 6.07) is 8.51. The Morgan fingerprint density at radius 1 is 1.14 bits per heavy atom. The average molecular weight is 213 g/mol. The van der Waals surface area contributed by atoms with Gasteiger partial charge in [-0.3, -0.25) is 4.90 Å². The van der Waals surface area contributed by atoms with Crippen molar-refractivity contribution in [1.29, 1.82) is 0 Å². The summed E-state index contributed by atoms with van der Waals surface area (Å²) in [5.74, 6) is 0. The molecule has 0 spiro atoms. The van der Waals surface area contributed by atoms with E-state index in [1.165, 1.54) is 0 Å². The Morgan fingerprint density at radius 2 is 1.64 bits per heavy atom. The third kappa shape index (κ3) is 2.13. The van der Waals surface area contributed by atoms with Crippen LogP contribution in [-0.2, 0) is 9.84 Å². The highest BCUT2D eigenvalue weighted by Gasteiger charge is 2.24. The summed E-state index contributed by atoms with van der Waals surface area (Å²) in [5, 5.41) is -0.495. The molecule has 0 aliphatic carbocycles. The fraction of sp³-hybridized carbons (Fsp3) is 0.400. The molecule has 1 unspecified atom stereocenters. The Hall–Kier alpha value is -0.870. The van der Waals surface area contributed by atoms with Gasteiger partial charge >= 0.3 is 0 Å². The second kappa shape index (κ2) is 4.11. The molecule has 3 nitrogen and oxygen atoms in total. The Labute approximate surface area is 85.3 Å². The molecule has 0 N–H and O–H groups in total. The van der Waals surface area contributed by atoms with Gasteiger partial charge < -0.3 is 0 Å². The lowest BCUT2D eigenvalue weighted by molar-refractivity contribution is 0.381. The van der Waals surface area contributed by atoms with Crippen LogP contribution in [0.3, 0.4) is 0 Å². The van der Waals surface area contributed by atoms with Gasteiger partial charge in [0.1, 0.15) is 5.37 Å². The quantitative estimate of drug-likeness (QED) is 0.761. The van der Waals surface area contributed by atoms with Crippen molar-refractivity contribution in [3.05, 3.63) is 30.3 Å². The van der Waals surface area contributed by atoms with E-state index in [1.807, 2.05) is 0 Å². The number of rotatable bonds is 3. The van der Waals surface area contributed by atoms with Crippen molar-refractivity contribution in [2.75, 3.05) is 14.1 Å². The molecule has 0 aromatic heterocycles. The Kier molecular flexibility index (Phi) is 3.29. The fourth-order valence-corrected chi connectivity index (χ4v) is 2.57. The number of hydrogen-bond donors (Lipinski definition) is 0. The van der Waals surface area contributed by atoms with E-state index in [0.29, 0.717) is 4.90 Å². The highest BCUT2D eigenvalue weighted by molar-refractivity contribution is 7.92. The molecular weight excluding hydrogens is 198 g/mol. The van der Waals surface area contributed by atoms with E-state index in [2.05, 4.69) is 0 Å². The first-order valence-electron chi connectivity index (χ1n) is 4.41. The van der Waals surface area contributed by atoms with Crippen LogP contribution in [0.1, 0.15) is 6.92 Å². The van der Waals surface area contributed by atoms with Crippen LogP contribution in [0.2, 0.25) is 0 Å². The zero-order valence-corrected chi connectivity index (χ0v) is 9.45. The van der Waals surface area contributed by atoms with Crippen LogP contribution in [0, 0.1) is 0 Å². The number of nitrogens with zero attached hydrogens (tertiary/aromatic N) is 1. The summed E-state index contributed by atoms with van der Waals surface area (Å²) in [4.78, 5) is 2.06. The molecule has 1 aromatic rings. The van der Waals surface area contributed by atoms with E-state index >= 15 is 0 Å². The monoisotopic (exact) mass is 213 g/mol. The maximum absolute atomic E-state index is 11.9. The van der Waals surface area contributed by atoms with Gasteiger partial charge in [-0.05, 0) is 33.2 Å². The molecule has 0 bridgehead atoms. The van der Waals surface area contributed by atoms with Gasteiger partial charge in [-0.2, -0.15) is 0 Å². The lowest BCUT2D eigenvalue weighted by Gasteiger charge is -2.19. The van der Waals surface area contributed by atoms with E-state index in [4.69, 9.17) is 0 Å². The number of sulfone groups is 1. The third-order valence-corrected chi connectivity index (χ3v) is 4.50. The average Bonchev–Trinajstić information content (AvgIpc) is 2.18. The molecular formula is C10H15NO2S. The van der Waals surface area contributed by atoms with Gasteiger partial charge in [0.25, 0.3) is 0 Å². The summed E-state index contributed by atoms with van der Waals surface area (Å²) >= 11 is 0. The molecule has 0 fully saturated rings. The molecule has 0 amide bonds. The molecule has 0 radical (unpaired) electrons. The first kappa shape index (κ1) is 11.2. The molecule has 4 heteroatoms. The second-order valence-electron chi connectivity index (χ2n) is 3.42. The van der Waals surface area contributed by atoms with Crippen molar-refractivity contribution in [1.82, 2.24) is 4.90 Å². The van der Waals surface area contributed by atoms with Gasteiger partial charge in [-0.25, -0.2) is 8.42 Å². The molecule has 0 aliphatic heterocycles. The van der Waals surface area contributed by atoms with Crippen LogP contribution in [0.5, 0.6) is 0 Å². The molecule has 1 rings (SSSR count). The van der Waals surface area contributed by atoms with E-state index < -0.39 is 15.2 Å². The molecule has 1 aromatic carbocycles. The molecule has 78 valence electrons. The number of hydrogen-bond acceptors (Lipinski definition) is 3. The van der Waals surface area contributed by atoms with Crippen molar-refractivity contribution < 1.29 is 8.42 Å². The number of benzene rings is 1. The zero-order chi connectivity index (χ0) is 10.8. The molecule has 14 heavy (non-hydrogen) atoms. The largest absolute Gasteiger partial charge is 0.293 e. The minimum atomic E-state index is -3.21. The van der Waals surface area contributed by atoms with Crippen molar-refractivity contribution in [3.8, 4) is 0 Å². The Balaban J connectivity index is 3.10. The minimum absolute atomic E-state index is 0.376. The third-order valence-electron chi connectivity index (χ3n) is 2.25. The van der Waals surface area contributed by atoms with Crippen molar-refractivity contribution in [2.45, 2.75) is 17.2 Å². The van der Waals surface area contributed by atoms with Gasteiger partial charge in [0, 0.05) is 0 Å². The predicted octanol–water partition coefficient (Wildman–Crippen LogP) is 1.37. The molecule has 0 saturated heterocycles. The Morgan fingerprint density at radius 3 is 2.07 bits per heavy atom. The lowest BCUT2D eigenvalue weighted by atomic mass is 10.4. The van der Waals surface area contributed by atoms with Crippen LogP contribution >= 0.6 is 0 Å². The standard InChI is InChI=1S/C10H15NO2S/c1-9(11(2)3)14(12,13)10-7-5-4-6-8-10/h4-9H,1-3H3. The van der Waals surface area contributed by atoms with Crippen molar-refractivity contribution in [3.63, 3.8) is 0 Å². The van der Waals surface area contributed by atoms with Gasteiger partial charge in [0.15, 0.2) is 9.84 Å². The van der Waals surface area contributed by atoms with Crippen LogP contribution in [0.25, 0.3) is 0 Å². The fourth-order valence-electron chi connectivity index (χ4n) is 1.08. The van der Waals surface area contributed by atoms with Gasteiger partial charge in [0.2, 0.25) is 0 Å². The minimum Gasteiger partial charge on any atom is -0.293 e. The van der Waals surface area contributed by atoms with Crippen molar-refractivity contribution in [2.24, 2.45) is 0 Å². The summed E-state index contributed by atoms with van der Waals surface area (Å²) in [6.07, 6.45) is 0. The zero-order valence-electron chi connectivity index (χ0n) is 8.64. The topological polar surface area (TPSA) is 37.4 Å². The Bertz CT molecular complexity index is 384. The van der Waals surface area contributed by atoms with E-state index in [0.717, 1.165) is 0 Å².